The number of amides is 2. The SMILES string of the molecule is O=C1[C@@H]2[C@@H](C(=O)N1c1ccccc1F)[C@@]1(Cl)C(Cl)=C(Cl)[C@@]2(Cl)C1(Cl)Cl. The van der Waals surface area contributed by atoms with E-state index in [4.69, 9.17) is 69.6 Å². The summed E-state index contributed by atoms with van der Waals surface area (Å²) in [6, 6.07) is 5.33. The average molecular weight is 464 g/mol. The molecule has 2 amide bonds. The van der Waals surface area contributed by atoms with Crippen LogP contribution in [-0.2, 0) is 9.59 Å². The first-order valence-corrected chi connectivity index (χ1v) is 9.24. The molecule has 2 bridgehead atoms. The van der Waals surface area contributed by atoms with Crippen LogP contribution in [0, 0.1) is 17.7 Å². The Hall–Kier alpha value is -0.230. The Morgan fingerprint density at radius 2 is 1.32 bits per heavy atom. The number of carbonyl (C=O) groups is 2. The molecule has 1 saturated heterocycles. The standard InChI is InChI=1S/C15H6Cl6FNO2/c16-9-10(17)14(19)8-7(13(9,18)15(14,20)21)11(24)23(12(8)25)6-4-2-1-3-5(6)22/h1-4,7-8H/t7-,8-,13+,14+/m0/s1. The molecule has 25 heavy (non-hydrogen) atoms. The summed E-state index contributed by atoms with van der Waals surface area (Å²) in [5.41, 5.74) is -0.214. The third kappa shape index (κ3) is 1.73. The van der Waals surface area contributed by atoms with Crippen molar-refractivity contribution in [3.8, 4) is 0 Å². The summed E-state index contributed by atoms with van der Waals surface area (Å²) in [6.07, 6.45) is 0. The quantitative estimate of drug-likeness (QED) is 0.444. The summed E-state index contributed by atoms with van der Waals surface area (Å²) in [4.78, 5) is 22.9. The van der Waals surface area contributed by atoms with E-state index in [1.807, 2.05) is 0 Å². The number of benzene rings is 1. The monoisotopic (exact) mass is 461 g/mol. The molecule has 3 nitrogen and oxygen atoms in total. The number of para-hydroxylation sites is 1. The van der Waals surface area contributed by atoms with E-state index < -0.39 is 43.5 Å². The fraction of sp³-hybridized carbons (Fsp3) is 0.333. The molecule has 4 rings (SSSR count). The third-order valence-electron chi connectivity index (χ3n) is 5.00. The number of anilines is 1. The summed E-state index contributed by atoms with van der Waals surface area (Å²) >= 11 is 38.2. The zero-order valence-electron chi connectivity index (χ0n) is 11.9. The van der Waals surface area contributed by atoms with Crippen LogP contribution < -0.4 is 4.90 Å². The number of allylic oxidation sites excluding steroid dienone is 2. The lowest BCUT2D eigenvalue weighted by molar-refractivity contribution is -0.123. The number of nitrogens with zero attached hydrogens (tertiary/aromatic N) is 1. The van der Waals surface area contributed by atoms with E-state index in [0.717, 1.165) is 6.07 Å². The van der Waals surface area contributed by atoms with Crippen molar-refractivity contribution in [2.24, 2.45) is 11.8 Å². The van der Waals surface area contributed by atoms with Crippen LogP contribution >= 0.6 is 69.6 Å². The smallest absolute Gasteiger partial charge is 0.240 e. The lowest BCUT2D eigenvalue weighted by Crippen LogP contribution is -2.50. The van der Waals surface area contributed by atoms with Gasteiger partial charge < -0.3 is 0 Å². The van der Waals surface area contributed by atoms with E-state index in [2.05, 4.69) is 0 Å². The number of carbonyl (C=O) groups excluding carboxylic acids is 2. The number of hydrogen-bond acceptors (Lipinski definition) is 2. The van der Waals surface area contributed by atoms with Crippen molar-refractivity contribution in [2.75, 3.05) is 4.90 Å². The molecule has 1 saturated carbocycles. The molecule has 10 heteroatoms. The number of halogens is 7. The molecule has 132 valence electrons. The van der Waals surface area contributed by atoms with Crippen LogP contribution in [0.3, 0.4) is 0 Å². The first-order valence-electron chi connectivity index (χ1n) is 6.97. The Morgan fingerprint density at radius 1 is 0.880 bits per heavy atom. The minimum atomic E-state index is -2.00. The van der Waals surface area contributed by atoms with Crippen molar-refractivity contribution in [1.82, 2.24) is 0 Å². The molecule has 1 aromatic carbocycles. The van der Waals surface area contributed by atoms with Crippen LogP contribution in [-0.4, -0.2) is 25.9 Å². The van der Waals surface area contributed by atoms with Gasteiger partial charge in [0.1, 0.15) is 15.6 Å². The molecule has 1 aliphatic heterocycles. The number of rotatable bonds is 1. The van der Waals surface area contributed by atoms with Gasteiger partial charge in [-0.25, -0.2) is 9.29 Å². The van der Waals surface area contributed by atoms with Crippen LogP contribution in [0.5, 0.6) is 0 Å². The van der Waals surface area contributed by atoms with Crippen LogP contribution in [0.1, 0.15) is 0 Å². The second-order valence-corrected chi connectivity index (χ2v) is 9.32. The van der Waals surface area contributed by atoms with Gasteiger partial charge in [0, 0.05) is 0 Å². The van der Waals surface area contributed by atoms with E-state index in [9.17, 15) is 14.0 Å². The predicted molar refractivity (Wildman–Crippen MR) is 96.2 cm³/mol. The van der Waals surface area contributed by atoms with E-state index >= 15 is 0 Å². The number of imide groups is 1. The Labute approximate surface area is 171 Å². The molecular weight excluding hydrogens is 458 g/mol. The molecule has 0 radical (unpaired) electrons. The van der Waals surface area contributed by atoms with Gasteiger partial charge in [-0.1, -0.05) is 58.5 Å². The highest BCUT2D eigenvalue weighted by Crippen LogP contribution is 2.77. The van der Waals surface area contributed by atoms with Gasteiger partial charge in [0.05, 0.1) is 27.6 Å². The molecule has 0 unspecified atom stereocenters. The van der Waals surface area contributed by atoms with E-state index in [-0.39, 0.29) is 15.8 Å². The molecule has 1 aromatic rings. The van der Waals surface area contributed by atoms with Crippen molar-refractivity contribution < 1.29 is 14.0 Å². The Morgan fingerprint density at radius 3 is 1.76 bits per heavy atom. The lowest BCUT2D eigenvalue weighted by atomic mass is 9.84. The van der Waals surface area contributed by atoms with Crippen molar-refractivity contribution in [1.29, 1.82) is 0 Å². The Bertz CT molecular complexity index is 843. The second kappa shape index (κ2) is 5.18. The minimum Gasteiger partial charge on any atom is -0.274 e. The van der Waals surface area contributed by atoms with Crippen LogP contribution in [0.2, 0.25) is 0 Å². The summed E-state index contributed by atoms with van der Waals surface area (Å²) in [6.45, 7) is 0. The van der Waals surface area contributed by atoms with Gasteiger partial charge in [-0.05, 0) is 12.1 Å². The highest BCUT2D eigenvalue weighted by atomic mass is 35.5. The molecule has 2 aliphatic carbocycles. The summed E-state index contributed by atoms with van der Waals surface area (Å²) in [5.74, 6) is -4.87. The molecule has 3 aliphatic rings. The number of fused-ring (bicyclic) bond motifs is 5. The Kier molecular flexibility index (Phi) is 3.76. The predicted octanol–water partition coefficient (Wildman–Crippen LogP) is 4.78. The number of alkyl halides is 4. The van der Waals surface area contributed by atoms with Gasteiger partial charge in [0.2, 0.25) is 11.8 Å². The van der Waals surface area contributed by atoms with Crippen LogP contribution in [0.25, 0.3) is 0 Å². The first kappa shape index (κ1) is 18.1. The second-order valence-electron chi connectivity index (χ2n) is 6.04. The largest absolute Gasteiger partial charge is 0.274 e. The van der Waals surface area contributed by atoms with Crippen molar-refractivity contribution >= 4 is 87.1 Å². The maximum absolute atomic E-state index is 14.1. The minimum absolute atomic E-state index is 0.186. The molecule has 0 aromatic heterocycles. The normalized spacial score (nSPS) is 38.8. The fourth-order valence-corrected chi connectivity index (χ4v) is 6.79. The Balaban J connectivity index is 1.94. The average Bonchev–Trinajstić information content (AvgIpc) is 2.93. The van der Waals surface area contributed by atoms with Crippen molar-refractivity contribution in [2.45, 2.75) is 14.1 Å². The van der Waals surface area contributed by atoms with Gasteiger partial charge in [-0.2, -0.15) is 0 Å². The molecule has 0 spiro atoms. The molecule has 0 N–H and O–H groups in total. The summed E-state index contributed by atoms with van der Waals surface area (Å²) in [7, 11) is 0. The van der Waals surface area contributed by atoms with Gasteiger partial charge in [0.15, 0.2) is 4.33 Å². The molecular formula is C15H6Cl6FNO2. The summed E-state index contributed by atoms with van der Waals surface area (Å²) < 4.78 is 12.1. The van der Waals surface area contributed by atoms with E-state index in [1.54, 1.807) is 0 Å². The highest BCUT2D eigenvalue weighted by Gasteiger charge is 2.87. The molecule has 2 fully saturated rings. The van der Waals surface area contributed by atoms with Gasteiger partial charge in [0.25, 0.3) is 0 Å². The van der Waals surface area contributed by atoms with Crippen LogP contribution in [0.4, 0.5) is 10.1 Å². The molecule has 4 atom stereocenters. The van der Waals surface area contributed by atoms with Gasteiger partial charge >= 0.3 is 0 Å². The fourth-order valence-electron chi connectivity index (χ4n) is 3.87. The maximum Gasteiger partial charge on any atom is 0.240 e. The number of hydrogen-bond donors (Lipinski definition) is 0. The maximum atomic E-state index is 14.1. The third-order valence-corrected chi connectivity index (χ3v) is 9.26. The lowest BCUT2D eigenvalue weighted by Gasteiger charge is -2.34. The van der Waals surface area contributed by atoms with Crippen LogP contribution in [0.15, 0.2) is 34.3 Å². The first-order chi connectivity index (χ1) is 11.5. The van der Waals surface area contributed by atoms with Crippen molar-refractivity contribution in [3.63, 3.8) is 0 Å². The van der Waals surface area contributed by atoms with Crippen molar-refractivity contribution in [3.05, 3.63) is 40.1 Å². The van der Waals surface area contributed by atoms with E-state index in [1.165, 1.54) is 18.2 Å². The van der Waals surface area contributed by atoms with Gasteiger partial charge in [-0.15, -0.1) is 23.2 Å². The zero-order chi connectivity index (χ0) is 18.5. The zero-order valence-corrected chi connectivity index (χ0v) is 16.4. The van der Waals surface area contributed by atoms with E-state index in [0.29, 0.717) is 4.90 Å². The van der Waals surface area contributed by atoms with Gasteiger partial charge in [-0.3, -0.25) is 9.59 Å². The highest BCUT2D eigenvalue weighted by molar-refractivity contribution is 6.67. The summed E-state index contributed by atoms with van der Waals surface area (Å²) in [5, 5.41) is -0.373. The topological polar surface area (TPSA) is 37.4 Å². The molecule has 1 heterocycles.